The minimum atomic E-state index is 0.604. The van der Waals surface area contributed by atoms with E-state index in [4.69, 9.17) is 9.47 Å². The molecule has 2 rings (SSSR count). The molecule has 0 aliphatic rings. The van der Waals surface area contributed by atoms with Crippen LogP contribution < -0.4 is 10.1 Å². The van der Waals surface area contributed by atoms with Crippen molar-refractivity contribution in [3.63, 3.8) is 0 Å². The molecular weight excluding hydrogens is 367 g/mol. The van der Waals surface area contributed by atoms with Crippen LogP contribution in [-0.4, -0.2) is 25.2 Å². The first-order chi connectivity index (χ1) is 9.78. The molecule has 0 amide bonds. The van der Waals surface area contributed by atoms with Gasteiger partial charge in [-0.25, -0.2) is 4.98 Å². The molecule has 0 bridgehead atoms. The van der Waals surface area contributed by atoms with Crippen LogP contribution in [-0.2, 0) is 11.3 Å². The maximum atomic E-state index is 5.68. The Balaban J connectivity index is 1.86. The molecule has 2 aromatic rings. The Kier molecular flexibility index (Phi) is 6.23. The predicted molar refractivity (Wildman–Crippen MR) is 87.1 cm³/mol. The van der Waals surface area contributed by atoms with E-state index in [9.17, 15) is 0 Å². The zero-order valence-electron chi connectivity index (χ0n) is 11.3. The van der Waals surface area contributed by atoms with Gasteiger partial charge in [-0.2, -0.15) is 0 Å². The van der Waals surface area contributed by atoms with E-state index in [-0.39, 0.29) is 0 Å². The second-order valence-corrected chi connectivity index (χ2v) is 5.48. The molecule has 0 saturated heterocycles. The van der Waals surface area contributed by atoms with E-state index in [0.29, 0.717) is 12.5 Å². The molecule has 5 heteroatoms. The number of pyridine rings is 1. The van der Waals surface area contributed by atoms with Crippen LogP contribution in [0, 0.1) is 3.57 Å². The average Bonchev–Trinajstić information content (AvgIpc) is 2.48. The highest BCUT2D eigenvalue weighted by atomic mass is 127. The Morgan fingerprint density at radius 1 is 1.15 bits per heavy atom. The summed E-state index contributed by atoms with van der Waals surface area (Å²) in [6.07, 6.45) is 1.82. The molecule has 0 fully saturated rings. The molecule has 1 N–H and O–H groups in total. The third kappa shape index (κ3) is 5.07. The number of methoxy groups -OCH3 is 1. The van der Waals surface area contributed by atoms with Crippen LogP contribution in [0.1, 0.15) is 5.56 Å². The normalized spacial score (nSPS) is 10.5. The van der Waals surface area contributed by atoms with Crippen LogP contribution in [0.15, 0.2) is 42.6 Å². The van der Waals surface area contributed by atoms with Gasteiger partial charge in [0, 0.05) is 36.0 Å². The van der Waals surface area contributed by atoms with Gasteiger partial charge in [0.1, 0.15) is 5.75 Å². The molecule has 0 aliphatic heterocycles. The molecule has 20 heavy (non-hydrogen) atoms. The zero-order valence-corrected chi connectivity index (χ0v) is 13.5. The molecule has 0 radical (unpaired) electrons. The SMILES string of the molecule is COCCNCc1ccc(Oc2ccc(I)cc2)nc1. The molecule has 1 heterocycles. The van der Waals surface area contributed by atoms with Gasteiger partial charge in [-0.1, -0.05) is 6.07 Å². The van der Waals surface area contributed by atoms with E-state index < -0.39 is 0 Å². The van der Waals surface area contributed by atoms with Crippen molar-refractivity contribution in [3.8, 4) is 11.6 Å². The molecule has 0 aliphatic carbocycles. The number of benzene rings is 1. The van der Waals surface area contributed by atoms with E-state index in [0.717, 1.165) is 24.4 Å². The highest BCUT2D eigenvalue weighted by molar-refractivity contribution is 14.1. The van der Waals surface area contributed by atoms with Crippen molar-refractivity contribution >= 4 is 22.6 Å². The first kappa shape index (κ1) is 15.2. The lowest BCUT2D eigenvalue weighted by molar-refractivity contribution is 0.199. The minimum Gasteiger partial charge on any atom is -0.439 e. The smallest absolute Gasteiger partial charge is 0.219 e. The number of nitrogens with zero attached hydrogens (tertiary/aromatic N) is 1. The van der Waals surface area contributed by atoms with E-state index >= 15 is 0 Å². The van der Waals surface area contributed by atoms with Crippen LogP contribution in [0.3, 0.4) is 0 Å². The number of halogens is 1. The lowest BCUT2D eigenvalue weighted by Crippen LogP contribution is -2.18. The van der Waals surface area contributed by atoms with Gasteiger partial charge in [0.2, 0.25) is 5.88 Å². The van der Waals surface area contributed by atoms with Crippen molar-refractivity contribution < 1.29 is 9.47 Å². The van der Waals surface area contributed by atoms with Crippen LogP contribution in [0.2, 0.25) is 0 Å². The summed E-state index contributed by atoms with van der Waals surface area (Å²) < 4.78 is 11.8. The number of nitrogens with one attached hydrogen (secondary N) is 1. The summed E-state index contributed by atoms with van der Waals surface area (Å²) in [5.41, 5.74) is 1.12. The Morgan fingerprint density at radius 3 is 2.60 bits per heavy atom. The van der Waals surface area contributed by atoms with Gasteiger partial charge in [-0.05, 0) is 52.4 Å². The molecule has 0 saturated carbocycles. The Hall–Kier alpha value is -1.18. The molecule has 0 spiro atoms. The molecule has 0 unspecified atom stereocenters. The predicted octanol–water partition coefficient (Wildman–Crippen LogP) is 3.21. The molecule has 1 aromatic carbocycles. The van der Waals surface area contributed by atoms with Gasteiger partial charge in [-0.3, -0.25) is 0 Å². The van der Waals surface area contributed by atoms with Gasteiger partial charge in [0.15, 0.2) is 0 Å². The van der Waals surface area contributed by atoms with Gasteiger partial charge in [0.25, 0.3) is 0 Å². The summed E-state index contributed by atoms with van der Waals surface area (Å²) in [7, 11) is 1.69. The molecule has 106 valence electrons. The van der Waals surface area contributed by atoms with Crippen molar-refractivity contribution in [2.45, 2.75) is 6.54 Å². The van der Waals surface area contributed by atoms with Gasteiger partial charge >= 0.3 is 0 Å². The lowest BCUT2D eigenvalue weighted by Gasteiger charge is -2.07. The quantitative estimate of drug-likeness (QED) is 0.588. The van der Waals surface area contributed by atoms with Crippen LogP contribution in [0.5, 0.6) is 11.6 Å². The van der Waals surface area contributed by atoms with Crippen LogP contribution in [0.25, 0.3) is 0 Å². The maximum absolute atomic E-state index is 5.68. The monoisotopic (exact) mass is 384 g/mol. The van der Waals surface area contributed by atoms with Crippen molar-refractivity contribution in [1.29, 1.82) is 0 Å². The summed E-state index contributed by atoms with van der Waals surface area (Å²) in [5.74, 6) is 1.40. The van der Waals surface area contributed by atoms with Crippen molar-refractivity contribution in [2.75, 3.05) is 20.3 Å². The fraction of sp³-hybridized carbons (Fsp3) is 0.267. The average molecular weight is 384 g/mol. The van der Waals surface area contributed by atoms with Crippen molar-refractivity contribution in [2.24, 2.45) is 0 Å². The van der Waals surface area contributed by atoms with E-state index in [2.05, 4.69) is 32.9 Å². The number of rotatable bonds is 7. The van der Waals surface area contributed by atoms with Gasteiger partial charge < -0.3 is 14.8 Å². The Morgan fingerprint density at radius 2 is 1.95 bits per heavy atom. The summed E-state index contributed by atoms with van der Waals surface area (Å²) in [6, 6.07) is 11.8. The summed E-state index contributed by atoms with van der Waals surface area (Å²) in [5, 5.41) is 3.27. The fourth-order valence-corrected chi connectivity index (χ4v) is 1.97. The van der Waals surface area contributed by atoms with Crippen LogP contribution >= 0.6 is 22.6 Å². The first-order valence-corrected chi connectivity index (χ1v) is 7.44. The Bertz CT molecular complexity index is 514. The molecule has 0 atom stereocenters. The maximum Gasteiger partial charge on any atom is 0.219 e. The zero-order chi connectivity index (χ0) is 14.2. The van der Waals surface area contributed by atoms with Gasteiger partial charge in [-0.15, -0.1) is 0 Å². The third-order valence-electron chi connectivity index (χ3n) is 2.65. The summed E-state index contributed by atoms with van der Waals surface area (Å²) in [4.78, 5) is 4.30. The van der Waals surface area contributed by atoms with E-state index in [1.54, 1.807) is 7.11 Å². The minimum absolute atomic E-state index is 0.604. The standard InChI is InChI=1S/C15H17IN2O2/c1-19-9-8-17-10-12-2-7-15(18-11-12)20-14-5-3-13(16)4-6-14/h2-7,11,17H,8-10H2,1H3. The topological polar surface area (TPSA) is 43.4 Å². The van der Waals surface area contributed by atoms with E-state index in [1.165, 1.54) is 3.57 Å². The Labute approximate surface area is 132 Å². The lowest BCUT2D eigenvalue weighted by atomic mass is 10.3. The molecule has 1 aromatic heterocycles. The van der Waals surface area contributed by atoms with Crippen LogP contribution in [0.4, 0.5) is 0 Å². The molecular formula is C15H17IN2O2. The van der Waals surface area contributed by atoms with Crippen molar-refractivity contribution in [1.82, 2.24) is 10.3 Å². The molecule has 4 nitrogen and oxygen atoms in total. The first-order valence-electron chi connectivity index (χ1n) is 6.36. The summed E-state index contributed by atoms with van der Waals surface area (Å²) in [6.45, 7) is 2.32. The number of aromatic nitrogens is 1. The highest BCUT2D eigenvalue weighted by Crippen LogP contribution is 2.20. The fourth-order valence-electron chi connectivity index (χ4n) is 1.61. The second-order valence-electron chi connectivity index (χ2n) is 4.23. The van der Waals surface area contributed by atoms with Crippen molar-refractivity contribution in [3.05, 3.63) is 51.7 Å². The number of ether oxygens (including phenoxy) is 2. The summed E-state index contributed by atoms with van der Waals surface area (Å²) >= 11 is 2.26. The number of hydrogen-bond acceptors (Lipinski definition) is 4. The second kappa shape index (κ2) is 8.18. The largest absolute Gasteiger partial charge is 0.439 e. The third-order valence-corrected chi connectivity index (χ3v) is 3.36. The number of hydrogen-bond donors (Lipinski definition) is 1. The van der Waals surface area contributed by atoms with E-state index in [1.807, 2.05) is 42.6 Å². The highest BCUT2D eigenvalue weighted by Gasteiger charge is 1.99. The van der Waals surface area contributed by atoms with Gasteiger partial charge in [0.05, 0.1) is 6.61 Å².